The number of anilines is 1. The summed E-state index contributed by atoms with van der Waals surface area (Å²) < 4.78 is 11.1. The van der Waals surface area contributed by atoms with Crippen LogP contribution in [0.3, 0.4) is 0 Å². The van der Waals surface area contributed by atoms with Gasteiger partial charge in [-0.1, -0.05) is 23.2 Å². The topological polar surface area (TPSA) is 51.1 Å². The molecule has 3 rings (SSSR count). The molecule has 0 saturated carbocycles. The summed E-state index contributed by atoms with van der Waals surface area (Å²) in [5.74, 6) is 0.757. The highest BCUT2D eigenvalue weighted by Gasteiger charge is 2.29. The van der Waals surface area contributed by atoms with Gasteiger partial charge in [0.25, 0.3) is 5.91 Å². The molecule has 1 amide bonds. The van der Waals surface area contributed by atoms with Crippen molar-refractivity contribution in [3.8, 4) is 11.5 Å². The summed E-state index contributed by atoms with van der Waals surface area (Å²) in [6.45, 7) is 5.61. The van der Waals surface area contributed by atoms with Crippen molar-refractivity contribution in [1.82, 2.24) is 0 Å². The third kappa shape index (κ3) is 4.16. The minimum atomic E-state index is -0.225. The van der Waals surface area contributed by atoms with Crippen molar-refractivity contribution >= 4 is 46.6 Å². The molecule has 0 atom stereocenters. The minimum Gasteiger partial charge on any atom is -0.493 e. The Morgan fingerprint density at radius 2 is 1.82 bits per heavy atom. The number of amides is 1. The summed E-state index contributed by atoms with van der Waals surface area (Å²) in [5, 5.41) is 6.73. The molecule has 1 heterocycles. The second-order valence-electron chi connectivity index (χ2n) is 6.54. The fourth-order valence-corrected chi connectivity index (χ4v) is 3.17. The van der Waals surface area contributed by atoms with Crippen LogP contribution < -0.4 is 14.5 Å². The van der Waals surface area contributed by atoms with E-state index in [0.717, 1.165) is 0 Å². The Hall–Kier alpha value is -2.50. The van der Waals surface area contributed by atoms with E-state index in [4.69, 9.17) is 32.7 Å². The molecule has 5 nitrogen and oxygen atoms in total. The Labute approximate surface area is 174 Å². The van der Waals surface area contributed by atoms with Crippen LogP contribution in [0.2, 0.25) is 10.0 Å². The summed E-state index contributed by atoms with van der Waals surface area (Å²) in [7, 11) is 1.55. The van der Waals surface area contributed by atoms with E-state index >= 15 is 0 Å². The average Bonchev–Trinajstić information content (AvgIpc) is 2.92. The minimum absolute atomic E-state index is 0.0469. The zero-order chi connectivity index (χ0) is 20.4. The number of methoxy groups -OCH3 is 1. The zero-order valence-corrected chi connectivity index (χ0v) is 17.5. The van der Waals surface area contributed by atoms with Crippen LogP contribution in [0.5, 0.6) is 11.5 Å². The van der Waals surface area contributed by atoms with Crippen molar-refractivity contribution < 1.29 is 14.3 Å². The Kier molecular flexibility index (Phi) is 5.96. The van der Waals surface area contributed by atoms with Crippen LogP contribution in [0.25, 0.3) is 6.08 Å². The third-order valence-electron chi connectivity index (χ3n) is 4.05. The van der Waals surface area contributed by atoms with Gasteiger partial charge in [-0.25, -0.2) is 0 Å². The molecule has 0 N–H and O–H groups in total. The van der Waals surface area contributed by atoms with Gasteiger partial charge >= 0.3 is 0 Å². The molecule has 7 heteroatoms. The van der Waals surface area contributed by atoms with Gasteiger partial charge in [0.15, 0.2) is 11.5 Å². The van der Waals surface area contributed by atoms with Crippen molar-refractivity contribution in [3.63, 3.8) is 0 Å². The van der Waals surface area contributed by atoms with Crippen molar-refractivity contribution in [2.75, 3.05) is 12.1 Å². The standard InChI is InChI=1S/C21H20Cl2N2O3/c1-12(2)28-20-18(23)10-14(11-19(20)27-4)9-17-13(3)24-25(21(17)26)16-7-5-15(22)6-8-16/h5-12H,1-4H3/b17-9-. The fraction of sp³-hybridized carbons (Fsp3) is 0.238. The van der Waals surface area contributed by atoms with E-state index in [1.807, 2.05) is 13.8 Å². The van der Waals surface area contributed by atoms with Gasteiger partial charge in [-0.2, -0.15) is 10.1 Å². The second kappa shape index (κ2) is 8.25. The molecule has 2 aromatic carbocycles. The summed E-state index contributed by atoms with van der Waals surface area (Å²) in [6.07, 6.45) is 1.69. The van der Waals surface area contributed by atoms with Crippen LogP contribution in [0, 0.1) is 0 Å². The van der Waals surface area contributed by atoms with Gasteiger partial charge in [-0.05, 0) is 68.8 Å². The number of hydrogen-bond donors (Lipinski definition) is 0. The zero-order valence-electron chi connectivity index (χ0n) is 16.0. The van der Waals surface area contributed by atoms with E-state index < -0.39 is 0 Å². The maximum Gasteiger partial charge on any atom is 0.280 e. The second-order valence-corrected chi connectivity index (χ2v) is 7.38. The number of carbonyl (C=O) groups excluding carboxylic acids is 1. The SMILES string of the molecule is COc1cc(/C=C2\C(=O)N(c3ccc(Cl)cc3)N=C2C)cc(Cl)c1OC(C)C. The molecule has 0 fully saturated rings. The van der Waals surface area contributed by atoms with Crippen molar-refractivity contribution in [1.29, 1.82) is 0 Å². The maximum absolute atomic E-state index is 12.9. The van der Waals surface area contributed by atoms with E-state index in [-0.39, 0.29) is 12.0 Å². The molecule has 0 aromatic heterocycles. The predicted octanol–water partition coefficient (Wildman–Crippen LogP) is 5.60. The normalized spacial score (nSPS) is 15.4. The van der Waals surface area contributed by atoms with Crippen molar-refractivity contribution in [3.05, 3.63) is 57.6 Å². The highest BCUT2D eigenvalue weighted by molar-refractivity contribution is 6.34. The lowest BCUT2D eigenvalue weighted by atomic mass is 10.1. The van der Waals surface area contributed by atoms with Gasteiger partial charge in [-0.3, -0.25) is 4.79 Å². The average molecular weight is 419 g/mol. The van der Waals surface area contributed by atoms with E-state index in [0.29, 0.717) is 44.1 Å². The van der Waals surface area contributed by atoms with Gasteiger partial charge in [0.05, 0.1) is 35.2 Å². The fourth-order valence-electron chi connectivity index (χ4n) is 2.78. The molecule has 0 aliphatic carbocycles. The monoisotopic (exact) mass is 418 g/mol. The molecule has 1 aliphatic heterocycles. The molecular weight excluding hydrogens is 399 g/mol. The van der Waals surface area contributed by atoms with Crippen LogP contribution >= 0.6 is 23.2 Å². The number of halogens is 2. The number of nitrogens with zero attached hydrogens (tertiary/aromatic N) is 2. The van der Waals surface area contributed by atoms with E-state index in [2.05, 4.69) is 5.10 Å². The number of hydrogen-bond acceptors (Lipinski definition) is 4. The molecule has 0 spiro atoms. The molecule has 0 unspecified atom stereocenters. The summed E-state index contributed by atoms with van der Waals surface area (Å²) in [5.41, 5.74) is 2.45. The summed E-state index contributed by atoms with van der Waals surface area (Å²) in [6, 6.07) is 10.4. The Morgan fingerprint density at radius 3 is 2.43 bits per heavy atom. The van der Waals surface area contributed by atoms with Gasteiger partial charge in [-0.15, -0.1) is 0 Å². The van der Waals surface area contributed by atoms with E-state index in [9.17, 15) is 4.79 Å². The molecule has 146 valence electrons. The van der Waals surface area contributed by atoms with Gasteiger partial charge in [0, 0.05) is 5.02 Å². The largest absolute Gasteiger partial charge is 0.493 e. The first-order valence-electron chi connectivity index (χ1n) is 8.71. The summed E-state index contributed by atoms with van der Waals surface area (Å²) >= 11 is 12.3. The molecule has 1 aliphatic rings. The van der Waals surface area contributed by atoms with Crippen molar-refractivity contribution in [2.45, 2.75) is 26.9 Å². The Bertz CT molecular complexity index is 966. The first-order chi connectivity index (χ1) is 13.3. The van der Waals surface area contributed by atoms with Gasteiger partial charge in [0.1, 0.15) is 0 Å². The molecule has 2 aromatic rings. The first kappa shape index (κ1) is 20.2. The van der Waals surface area contributed by atoms with Crippen molar-refractivity contribution in [2.24, 2.45) is 5.10 Å². The van der Waals surface area contributed by atoms with Gasteiger partial charge in [0.2, 0.25) is 0 Å². The number of ether oxygens (including phenoxy) is 2. The quantitative estimate of drug-likeness (QED) is 0.594. The highest BCUT2D eigenvalue weighted by atomic mass is 35.5. The number of hydrazone groups is 1. The lowest BCUT2D eigenvalue weighted by Gasteiger charge is -2.16. The number of benzene rings is 2. The molecule has 0 radical (unpaired) electrons. The van der Waals surface area contributed by atoms with Gasteiger partial charge < -0.3 is 9.47 Å². The Morgan fingerprint density at radius 1 is 1.14 bits per heavy atom. The van der Waals surface area contributed by atoms with Crippen LogP contribution in [0.1, 0.15) is 26.3 Å². The lowest BCUT2D eigenvalue weighted by Crippen LogP contribution is -2.21. The molecule has 0 saturated heterocycles. The molecular formula is C21H20Cl2N2O3. The third-order valence-corrected chi connectivity index (χ3v) is 4.58. The Balaban J connectivity index is 1.95. The van der Waals surface area contributed by atoms with E-state index in [1.54, 1.807) is 56.5 Å². The first-order valence-corrected chi connectivity index (χ1v) is 9.47. The van der Waals surface area contributed by atoms with Crippen LogP contribution in [-0.4, -0.2) is 24.8 Å². The van der Waals surface area contributed by atoms with E-state index in [1.165, 1.54) is 5.01 Å². The highest BCUT2D eigenvalue weighted by Crippen LogP contribution is 2.38. The number of carbonyl (C=O) groups is 1. The summed E-state index contributed by atoms with van der Waals surface area (Å²) in [4.78, 5) is 12.9. The molecule has 28 heavy (non-hydrogen) atoms. The smallest absolute Gasteiger partial charge is 0.280 e. The predicted molar refractivity (Wildman–Crippen MR) is 114 cm³/mol. The number of rotatable bonds is 5. The lowest BCUT2D eigenvalue weighted by molar-refractivity contribution is -0.114. The van der Waals surface area contributed by atoms with Crippen LogP contribution in [0.4, 0.5) is 5.69 Å². The van der Waals surface area contributed by atoms with Crippen LogP contribution in [0.15, 0.2) is 47.1 Å². The maximum atomic E-state index is 12.9. The molecule has 0 bridgehead atoms. The van der Waals surface area contributed by atoms with Crippen LogP contribution in [-0.2, 0) is 4.79 Å².